The maximum Gasteiger partial charge on any atom is 0.483 e. The standard InChI is InChI=1S/C17H27N3O17P2/c1-6(22)18-10-13(26)11(24)7(4-21)35-16(10)36-39(31,32)37-38(29,30)33-5-8-12(25)14(27)15(34-8)20-3-2-9(23)19-17(20)28/h2-3,7-8,10-16,21,24-27H,4-5H2,1H3,(H,18,22)(H,29,30)(H,31,32)(H,19,23,28)/i4T,21T. The van der Waals surface area contributed by atoms with E-state index in [1.165, 1.54) is 0 Å². The first-order valence-corrected chi connectivity index (χ1v) is 13.8. The molecule has 222 valence electrons. The first-order chi connectivity index (χ1) is 19.0. The summed E-state index contributed by atoms with van der Waals surface area (Å²) in [6, 6.07) is -0.877. The Kier molecular flexibility index (Phi) is 9.06. The van der Waals surface area contributed by atoms with Crippen LogP contribution in [0.2, 0.25) is 0 Å². The Hall–Kier alpha value is -1.87. The third kappa shape index (κ3) is 7.66. The molecule has 20 nitrogen and oxygen atoms in total. The molecule has 1 amide bonds. The van der Waals surface area contributed by atoms with Crippen LogP contribution in [0.4, 0.5) is 0 Å². The average molecular weight is 611 g/mol. The predicted molar refractivity (Wildman–Crippen MR) is 120 cm³/mol. The molecule has 1 aromatic heterocycles. The highest BCUT2D eigenvalue weighted by Crippen LogP contribution is 2.61. The first-order valence-electron chi connectivity index (χ1n) is 11.8. The number of aliphatic hydroxyl groups is 5. The van der Waals surface area contributed by atoms with Crippen LogP contribution in [0.1, 0.15) is 14.5 Å². The smallest absolute Gasteiger partial charge is 0.394 e. The number of phosphoric ester groups is 2. The normalized spacial score (nSPS) is 37.7. The summed E-state index contributed by atoms with van der Waals surface area (Å²) in [5.41, 5.74) is -1.78. The third-order valence-corrected chi connectivity index (χ3v) is 8.05. The van der Waals surface area contributed by atoms with Gasteiger partial charge in [0.05, 0.1) is 14.6 Å². The van der Waals surface area contributed by atoms with Crippen LogP contribution in [0.15, 0.2) is 21.9 Å². The van der Waals surface area contributed by atoms with Gasteiger partial charge >= 0.3 is 21.3 Å². The molecule has 0 saturated carbocycles. The number of carbonyl (C=O) groups excluding carboxylic acids is 1. The van der Waals surface area contributed by atoms with Gasteiger partial charge in [-0.05, 0) is 0 Å². The summed E-state index contributed by atoms with van der Waals surface area (Å²) in [5.74, 6) is -0.847. The van der Waals surface area contributed by atoms with Crippen molar-refractivity contribution in [2.75, 3.05) is 13.2 Å². The van der Waals surface area contributed by atoms with Gasteiger partial charge in [0.1, 0.15) is 42.7 Å². The second-order valence-electron chi connectivity index (χ2n) is 8.30. The second kappa shape index (κ2) is 12.3. The van der Waals surface area contributed by atoms with Crippen LogP contribution in [0.3, 0.4) is 0 Å². The Labute approximate surface area is 220 Å². The quantitative estimate of drug-likeness (QED) is 0.106. The zero-order chi connectivity index (χ0) is 30.9. The summed E-state index contributed by atoms with van der Waals surface area (Å²) in [5, 5.41) is 46.9. The van der Waals surface area contributed by atoms with Crippen LogP contribution in [0.25, 0.3) is 0 Å². The van der Waals surface area contributed by atoms with Crippen molar-refractivity contribution >= 4 is 21.6 Å². The molecule has 0 bridgehead atoms. The minimum Gasteiger partial charge on any atom is -0.394 e. The van der Waals surface area contributed by atoms with Crippen molar-refractivity contribution in [3.63, 3.8) is 0 Å². The Morgan fingerprint density at radius 1 is 1.13 bits per heavy atom. The summed E-state index contributed by atoms with van der Waals surface area (Å²) >= 11 is 0. The van der Waals surface area contributed by atoms with Crippen molar-refractivity contribution in [1.29, 1.82) is 1.43 Å². The van der Waals surface area contributed by atoms with Crippen LogP contribution >= 0.6 is 15.6 Å². The van der Waals surface area contributed by atoms with Gasteiger partial charge in [0.15, 0.2) is 12.5 Å². The lowest BCUT2D eigenvalue weighted by Gasteiger charge is -2.42. The van der Waals surface area contributed by atoms with E-state index in [1.807, 2.05) is 4.98 Å². The first kappa shape index (κ1) is 28.7. The number of aliphatic hydroxyl groups excluding tert-OH is 5. The van der Waals surface area contributed by atoms with E-state index in [-0.39, 0.29) is 0 Å². The van der Waals surface area contributed by atoms with Gasteiger partial charge in [0.25, 0.3) is 5.56 Å². The SMILES string of the molecule is [3H]OC([3H])C1OC(OP(=O)(O)OP(=O)(O)OCC2OC(n3ccc(=O)[nH]c3=O)C(O)C2O)C(NC(C)=O)C(O)C1O. The van der Waals surface area contributed by atoms with Gasteiger partial charge in [-0.1, -0.05) is 0 Å². The molecule has 12 atom stereocenters. The third-order valence-electron chi connectivity index (χ3n) is 5.45. The number of nitrogens with zero attached hydrogens (tertiary/aromatic N) is 1. The maximum absolute atomic E-state index is 12.5. The average Bonchev–Trinajstić information content (AvgIpc) is 3.14. The number of aromatic nitrogens is 2. The summed E-state index contributed by atoms with van der Waals surface area (Å²) in [4.78, 5) is 56.6. The number of aromatic amines is 1. The fraction of sp³-hybridized carbons (Fsp3) is 0.706. The van der Waals surface area contributed by atoms with Crippen LogP contribution in [-0.2, 0) is 36.8 Å². The van der Waals surface area contributed by atoms with Crippen molar-refractivity contribution in [3.05, 3.63) is 33.1 Å². The van der Waals surface area contributed by atoms with Gasteiger partial charge in [0.2, 0.25) is 7.34 Å². The molecule has 0 aromatic carbocycles. The molecular formula is C17H27N3O17P2. The largest absolute Gasteiger partial charge is 0.483 e. The lowest BCUT2D eigenvalue weighted by Crippen LogP contribution is -2.64. The van der Waals surface area contributed by atoms with Gasteiger partial charge in [-0.15, -0.1) is 0 Å². The number of carbonyl (C=O) groups is 1. The number of H-pyrrole nitrogens is 1. The van der Waals surface area contributed by atoms with E-state index in [9.17, 15) is 53.7 Å². The Morgan fingerprint density at radius 2 is 1.79 bits per heavy atom. The van der Waals surface area contributed by atoms with Crippen LogP contribution in [0, 0.1) is 0 Å². The van der Waals surface area contributed by atoms with Crippen molar-refractivity contribution in [1.82, 2.24) is 14.9 Å². The zero-order valence-corrected chi connectivity index (χ0v) is 21.4. The number of ether oxygens (including phenoxy) is 2. The molecule has 1 aromatic rings. The fourth-order valence-corrected chi connectivity index (χ4v) is 5.84. The number of hydrogen-bond acceptors (Lipinski definition) is 15. The van der Waals surface area contributed by atoms with E-state index in [2.05, 4.69) is 23.8 Å². The van der Waals surface area contributed by atoms with E-state index < -0.39 is 101 Å². The van der Waals surface area contributed by atoms with Crippen molar-refractivity contribution in [2.24, 2.45) is 0 Å². The van der Waals surface area contributed by atoms with Crippen molar-refractivity contribution in [3.8, 4) is 0 Å². The lowest BCUT2D eigenvalue weighted by atomic mass is 9.97. The molecule has 0 radical (unpaired) electrons. The molecule has 0 aliphatic carbocycles. The zero-order valence-electron chi connectivity index (χ0n) is 21.7. The fourth-order valence-electron chi connectivity index (χ4n) is 3.68. The van der Waals surface area contributed by atoms with Crippen LogP contribution < -0.4 is 16.6 Å². The molecule has 2 aliphatic rings. The van der Waals surface area contributed by atoms with Crippen molar-refractivity contribution in [2.45, 2.75) is 62.1 Å². The van der Waals surface area contributed by atoms with E-state index in [0.717, 1.165) is 19.2 Å². The van der Waals surface area contributed by atoms with Crippen molar-refractivity contribution < 1.29 is 73.4 Å². The molecule has 2 saturated heterocycles. The van der Waals surface area contributed by atoms with Gasteiger partial charge in [-0.25, -0.2) is 13.9 Å². The monoisotopic (exact) mass is 611 g/mol. The second-order valence-corrected chi connectivity index (χ2v) is 11.3. The number of phosphoric acid groups is 2. The Balaban J connectivity index is 1.68. The molecular weight excluding hydrogens is 580 g/mol. The number of nitrogens with one attached hydrogen (secondary N) is 2. The highest BCUT2D eigenvalue weighted by Gasteiger charge is 2.50. The summed E-state index contributed by atoms with van der Waals surface area (Å²) < 4.78 is 63.7. The van der Waals surface area contributed by atoms with E-state index in [4.69, 9.17) is 12.3 Å². The molecule has 9 N–H and O–H groups in total. The van der Waals surface area contributed by atoms with Gasteiger partial charge < -0.3 is 50.1 Å². The minimum absolute atomic E-state index is 0.710. The molecule has 0 spiro atoms. The van der Waals surface area contributed by atoms with Gasteiger partial charge in [-0.2, -0.15) is 4.31 Å². The number of hydrogen-bond donors (Lipinski definition) is 9. The van der Waals surface area contributed by atoms with E-state index >= 15 is 0 Å². The highest BCUT2D eigenvalue weighted by molar-refractivity contribution is 7.61. The highest BCUT2D eigenvalue weighted by atomic mass is 31.3. The maximum atomic E-state index is 12.5. The molecule has 3 rings (SSSR count). The number of rotatable bonds is 11. The minimum atomic E-state index is -5.72. The molecule has 2 aliphatic heterocycles. The lowest BCUT2D eigenvalue weighted by molar-refractivity contribution is -0.247. The molecule has 3 heterocycles. The molecule has 12 unspecified atom stereocenters. The summed E-state index contributed by atoms with van der Waals surface area (Å²) in [7, 11) is -11.3. The molecule has 22 heteroatoms. The van der Waals surface area contributed by atoms with Crippen LogP contribution in [0.5, 0.6) is 0 Å². The summed E-state index contributed by atoms with van der Waals surface area (Å²) in [6.07, 6.45) is -13.9. The van der Waals surface area contributed by atoms with Gasteiger partial charge in [-0.3, -0.25) is 28.2 Å². The predicted octanol–water partition coefficient (Wildman–Crippen LogP) is -4.65. The Bertz CT molecular complexity index is 1300. The Morgan fingerprint density at radius 3 is 2.41 bits per heavy atom. The molecule has 39 heavy (non-hydrogen) atoms. The van der Waals surface area contributed by atoms with Crippen LogP contribution in [-0.4, -0.2) is 114 Å². The van der Waals surface area contributed by atoms with E-state index in [1.54, 1.807) is 0 Å². The van der Waals surface area contributed by atoms with Gasteiger partial charge in [0, 0.05) is 19.2 Å². The summed E-state index contributed by atoms with van der Waals surface area (Å²) in [6.45, 7) is -2.09. The molecule has 2 fully saturated rings. The topological polar surface area (TPSA) is 306 Å². The van der Waals surface area contributed by atoms with E-state index in [0.29, 0.717) is 4.57 Å². The number of amides is 1.